The molecule has 3 heteroatoms. The maximum absolute atomic E-state index is 12.2. The van der Waals surface area contributed by atoms with Gasteiger partial charge in [-0.3, -0.25) is 4.79 Å². The van der Waals surface area contributed by atoms with Crippen molar-refractivity contribution in [1.29, 1.82) is 0 Å². The van der Waals surface area contributed by atoms with E-state index in [-0.39, 0.29) is 11.7 Å². The van der Waals surface area contributed by atoms with Crippen LogP contribution in [0.3, 0.4) is 0 Å². The van der Waals surface area contributed by atoms with Crippen molar-refractivity contribution in [2.45, 2.75) is 32.5 Å². The van der Waals surface area contributed by atoms with Gasteiger partial charge in [0.1, 0.15) is 0 Å². The normalized spacial score (nSPS) is 24.5. The van der Waals surface area contributed by atoms with Gasteiger partial charge in [0.2, 0.25) is 0 Å². The molecule has 0 N–H and O–H groups in total. The van der Waals surface area contributed by atoms with E-state index in [0.717, 1.165) is 5.56 Å². The Morgan fingerprint density at radius 3 is 2.67 bits per heavy atom. The summed E-state index contributed by atoms with van der Waals surface area (Å²) in [5.41, 5.74) is 0.310. The van der Waals surface area contributed by atoms with Crippen molar-refractivity contribution in [3.05, 3.63) is 35.9 Å². The van der Waals surface area contributed by atoms with E-state index >= 15 is 0 Å². The van der Waals surface area contributed by atoms with Crippen molar-refractivity contribution < 1.29 is 14.3 Å². The van der Waals surface area contributed by atoms with E-state index in [1.807, 2.05) is 44.2 Å². The minimum Gasteiger partial charge on any atom is -0.377 e. The summed E-state index contributed by atoms with van der Waals surface area (Å²) in [5, 5.41) is 0. The maximum Gasteiger partial charge on any atom is 0.169 e. The third-order valence-corrected chi connectivity index (χ3v) is 3.53. The molecule has 1 atom stereocenters. The van der Waals surface area contributed by atoms with Crippen molar-refractivity contribution in [1.82, 2.24) is 0 Å². The topological polar surface area (TPSA) is 35.5 Å². The van der Waals surface area contributed by atoms with Crippen LogP contribution in [0.2, 0.25) is 0 Å². The van der Waals surface area contributed by atoms with E-state index in [9.17, 15) is 4.79 Å². The molecule has 1 aliphatic heterocycles. The Morgan fingerprint density at radius 1 is 1.33 bits per heavy atom. The third-order valence-electron chi connectivity index (χ3n) is 3.53. The fraction of sp³-hybridized carbons (Fsp3) is 0.533. The van der Waals surface area contributed by atoms with Crippen LogP contribution in [-0.2, 0) is 20.9 Å². The van der Waals surface area contributed by atoms with Crippen LogP contribution in [0, 0.1) is 5.92 Å². The predicted molar refractivity (Wildman–Crippen MR) is 69.2 cm³/mol. The van der Waals surface area contributed by atoms with Gasteiger partial charge in [0.05, 0.1) is 19.8 Å². The fourth-order valence-corrected chi connectivity index (χ4v) is 2.24. The van der Waals surface area contributed by atoms with Gasteiger partial charge in [-0.1, -0.05) is 44.2 Å². The van der Waals surface area contributed by atoms with Gasteiger partial charge in [0.15, 0.2) is 11.4 Å². The van der Waals surface area contributed by atoms with E-state index < -0.39 is 5.60 Å². The lowest BCUT2D eigenvalue weighted by Gasteiger charge is -2.38. The maximum atomic E-state index is 12.2. The lowest BCUT2D eigenvalue weighted by atomic mass is 9.84. The van der Waals surface area contributed by atoms with Gasteiger partial charge in [0.25, 0.3) is 0 Å². The highest BCUT2D eigenvalue weighted by molar-refractivity contribution is 5.88. The van der Waals surface area contributed by atoms with Crippen LogP contribution in [0.1, 0.15) is 25.8 Å². The number of Topliss-reactive ketones (excluding diaryl/α,β-unsaturated/α-hetero) is 1. The average Bonchev–Trinajstić information content (AvgIpc) is 2.39. The van der Waals surface area contributed by atoms with Crippen LogP contribution in [0.25, 0.3) is 0 Å². The predicted octanol–water partition coefficient (Wildman–Crippen LogP) is 2.59. The van der Waals surface area contributed by atoms with E-state index in [2.05, 4.69) is 0 Å². The zero-order chi connectivity index (χ0) is 13.0. The Balaban J connectivity index is 2.09. The van der Waals surface area contributed by atoms with Crippen LogP contribution in [0.5, 0.6) is 0 Å². The molecule has 1 aliphatic rings. The molecule has 0 aliphatic carbocycles. The second kappa shape index (κ2) is 5.63. The first kappa shape index (κ1) is 13.2. The molecular weight excluding hydrogens is 228 g/mol. The Bertz CT molecular complexity index is 399. The van der Waals surface area contributed by atoms with Crippen LogP contribution in [0.15, 0.2) is 30.3 Å². The van der Waals surface area contributed by atoms with Gasteiger partial charge in [0, 0.05) is 6.42 Å². The molecular formula is C15H20O3. The minimum absolute atomic E-state index is 0.119. The second-order valence-corrected chi connectivity index (χ2v) is 5.04. The van der Waals surface area contributed by atoms with Crippen molar-refractivity contribution in [3.8, 4) is 0 Å². The monoisotopic (exact) mass is 248 g/mol. The summed E-state index contributed by atoms with van der Waals surface area (Å²) in [6.07, 6.45) is 0.451. The number of carbonyl (C=O) groups is 1. The van der Waals surface area contributed by atoms with Gasteiger partial charge in [-0.25, -0.2) is 0 Å². The lowest BCUT2D eigenvalue weighted by Crippen LogP contribution is -2.53. The number of hydrogen-bond acceptors (Lipinski definition) is 3. The highest BCUT2D eigenvalue weighted by Crippen LogP contribution is 2.29. The largest absolute Gasteiger partial charge is 0.377 e. The smallest absolute Gasteiger partial charge is 0.169 e. The average molecular weight is 248 g/mol. The summed E-state index contributed by atoms with van der Waals surface area (Å²) in [6, 6.07) is 9.92. The highest BCUT2D eigenvalue weighted by atomic mass is 16.5. The van der Waals surface area contributed by atoms with Crippen molar-refractivity contribution in [2.24, 2.45) is 5.92 Å². The summed E-state index contributed by atoms with van der Waals surface area (Å²) in [7, 11) is 0. The molecule has 1 aromatic carbocycles. The SMILES string of the molecule is CC(C)C1(OCc2ccccc2)COCCC1=O. The molecule has 2 rings (SSSR count). The van der Waals surface area contributed by atoms with E-state index in [1.54, 1.807) is 0 Å². The summed E-state index contributed by atoms with van der Waals surface area (Å²) >= 11 is 0. The molecule has 0 aromatic heterocycles. The van der Waals surface area contributed by atoms with E-state index in [4.69, 9.17) is 9.47 Å². The summed E-state index contributed by atoms with van der Waals surface area (Å²) in [6.45, 7) is 5.36. The van der Waals surface area contributed by atoms with Gasteiger partial charge in [-0.2, -0.15) is 0 Å². The first-order valence-corrected chi connectivity index (χ1v) is 6.44. The van der Waals surface area contributed by atoms with Gasteiger partial charge >= 0.3 is 0 Å². The second-order valence-electron chi connectivity index (χ2n) is 5.04. The minimum atomic E-state index is -0.770. The molecule has 0 spiro atoms. The van der Waals surface area contributed by atoms with Crippen molar-refractivity contribution in [3.63, 3.8) is 0 Å². The van der Waals surface area contributed by atoms with Crippen LogP contribution in [-0.4, -0.2) is 24.6 Å². The van der Waals surface area contributed by atoms with Gasteiger partial charge in [-0.05, 0) is 11.5 Å². The number of ether oxygens (including phenoxy) is 2. The van der Waals surface area contributed by atoms with Gasteiger partial charge in [-0.15, -0.1) is 0 Å². The molecule has 1 unspecified atom stereocenters. The molecule has 1 aromatic rings. The molecule has 1 saturated heterocycles. The number of rotatable bonds is 4. The zero-order valence-electron chi connectivity index (χ0n) is 11.0. The fourth-order valence-electron chi connectivity index (χ4n) is 2.24. The van der Waals surface area contributed by atoms with Gasteiger partial charge < -0.3 is 9.47 Å². The summed E-state index contributed by atoms with van der Waals surface area (Å²) in [4.78, 5) is 12.2. The van der Waals surface area contributed by atoms with Crippen LogP contribution < -0.4 is 0 Å². The molecule has 0 radical (unpaired) electrons. The Kier molecular flexibility index (Phi) is 4.15. The summed E-state index contributed by atoms with van der Waals surface area (Å²) in [5.74, 6) is 0.286. The molecule has 0 saturated carbocycles. The zero-order valence-corrected chi connectivity index (χ0v) is 11.0. The first-order valence-electron chi connectivity index (χ1n) is 6.44. The molecule has 1 fully saturated rings. The number of hydrogen-bond donors (Lipinski definition) is 0. The molecule has 0 amide bonds. The number of ketones is 1. The van der Waals surface area contributed by atoms with Crippen molar-refractivity contribution in [2.75, 3.05) is 13.2 Å². The number of benzene rings is 1. The summed E-state index contributed by atoms with van der Waals surface area (Å²) < 4.78 is 11.4. The Labute approximate surface area is 108 Å². The standard InChI is InChI=1S/C15H20O3/c1-12(2)15(11-17-9-8-14(15)16)18-10-13-6-4-3-5-7-13/h3-7,12H,8-11H2,1-2H3. The quantitative estimate of drug-likeness (QED) is 0.821. The molecule has 1 heterocycles. The van der Waals surface area contributed by atoms with Crippen LogP contribution in [0.4, 0.5) is 0 Å². The van der Waals surface area contributed by atoms with E-state index in [0.29, 0.717) is 26.2 Å². The van der Waals surface area contributed by atoms with Crippen molar-refractivity contribution >= 4 is 5.78 Å². The van der Waals surface area contributed by atoms with E-state index in [1.165, 1.54) is 0 Å². The molecule has 18 heavy (non-hydrogen) atoms. The molecule has 3 nitrogen and oxygen atoms in total. The number of carbonyl (C=O) groups excluding carboxylic acids is 1. The Morgan fingerprint density at radius 2 is 2.06 bits per heavy atom. The Hall–Kier alpha value is -1.19. The lowest BCUT2D eigenvalue weighted by molar-refractivity contribution is -0.178. The highest BCUT2D eigenvalue weighted by Gasteiger charge is 2.44. The van der Waals surface area contributed by atoms with Crippen LogP contribution >= 0.6 is 0 Å². The molecule has 98 valence electrons. The first-order chi connectivity index (χ1) is 8.65. The molecule has 0 bridgehead atoms. The third kappa shape index (κ3) is 2.62.